The van der Waals surface area contributed by atoms with Crippen molar-refractivity contribution in [1.82, 2.24) is 19.4 Å². The summed E-state index contributed by atoms with van der Waals surface area (Å²) in [5, 5.41) is 25.0. The summed E-state index contributed by atoms with van der Waals surface area (Å²) >= 11 is 3.09. The van der Waals surface area contributed by atoms with Gasteiger partial charge in [-0.1, -0.05) is 34.6 Å². The highest BCUT2D eigenvalue weighted by Gasteiger charge is 2.22. The molecule has 4 N–H and O–H groups in total. The van der Waals surface area contributed by atoms with Gasteiger partial charge in [0, 0.05) is 52.7 Å². The van der Waals surface area contributed by atoms with Gasteiger partial charge in [0.15, 0.2) is 11.6 Å². The highest BCUT2D eigenvalue weighted by molar-refractivity contribution is 9.10. The molecule has 2 atom stereocenters. The molecule has 0 aliphatic rings. The van der Waals surface area contributed by atoms with Crippen molar-refractivity contribution in [3.8, 4) is 34.0 Å². The van der Waals surface area contributed by atoms with Crippen LogP contribution in [-0.4, -0.2) is 67.7 Å². The molecule has 0 saturated carbocycles. The first-order valence-corrected chi connectivity index (χ1v) is 25.5. The lowest BCUT2D eigenvalue weighted by molar-refractivity contribution is 0.411. The molecular formula is C50H42BBrF4N6O12P2S2. The average Bonchev–Trinajstić information content (AvgIpc) is 4.17. The quantitative estimate of drug-likeness (QED) is 0.0514. The SMILES string of the molecule is COc1cc(-c2ccc(F)cc2)c(F)cc1-n1c(=O)ccc2cc(S(=O)(=O)Nc3ccon3)ccc21.COc1cc(Br)c(F)cc1-n1c(=O)ccc2cc(S(=O)(=O)Nc3ccon3)ccc21.OB(O)c1ccc(F)cc1.P.P. The fourth-order valence-corrected chi connectivity index (χ4v) is 9.80. The normalized spacial score (nSPS) is 11.0. The summed E-state index contributed by atoms with van der Waals surface area (Å²) in [6.45, 7) is 0. The van der Waals surface area contributed by atoms with Crippen molar-refractivity contribution in [3.05, 3.63) is 207 Å². The Morgan fingerprint density at radius 2 is 1.00 bits per heavy atom. The van der Waals surface area contributed by atoms with Gasteiger partial charge in [-0.15, -0.1) is 0 Å². The standard InChI is InChI=1S/C25H17F2N3O5S.C19H13BrFN3O5S.C6H6BFO2.2H3P/c1-34-23-13-19(15-2-5-17(26)6-3-15)20(27)14-22(23)30-21-8-7-18(12-16(21)4-9-25(30)31)36(32,33)29-24-10-11-35-28-24;1-28-17-9-13(20)14(21)10-16(17)24-15-4-3-12(8-11(15)2-5-19(24)25)30(26,27)23-18-6-7-29-22-18;8-6-3-1-5(2-4-6)7(9)10;;/h2-14H,1H3,(H,28,29);2-10H,1H3,(H,22,23);1-4,9-10H;2*1H3. The lowest BCUT2D eigenvalue weighted by atomic mass is 9.80. The van der Waals surface area contributed by atoms with Crippen LogP contribution in [0.4, 0.5) is 29.2 Å². The molecule has 28 heteroatoms. The van der Waals surface area contributed by atoms with E-state index in [0.717, 1.165) is 6.07 Å². The Bertz CT molecular complexity index is 4110. The Hall–Kier alpha value is -7.70. The molecule has 0 aliphatic carbocycles. The molecule has 0 radical (unpaired) electrons. The minimum Gasteiger partial charge on any atom is -0.495 e. The number of nitrogens with zero attached hydrogens (tertiary/aromatic N) is 4. The van der Waals surface area contributed by atoms with E-state index in [1.165, 1.54) is 175 Å². The smallest absolute Gasteiger partial charge is 0.488 e. The molecule has 78 heavy (non-hydrogen) atoms. The molecule has 0 fully saturated rings. The third-order valence-corrected chi connectivity index (χ3v) is 14.3. The lowest BCUT2D eigenvalue weighted by Gasteiger charge is -2.16. The minimum atomic E-state index is -3.99. The molecule has 0 bridgehead atoms. The number of nitrogens with one attached hydrogen (secondary N) is 2. The molecule has 10 aromatic rings. The van der Waals surface area contributed by atoms with Gasteiger partial charge < -0.3 is 28.6 Å². The number of rotatable bonds is 12. The summed E-state index contributed by atoms with van der Waals surface area (Å²) in [5.41, 5.74) is 0.983. The molecular weight excluding hydrogens is 1170 g/mol. The maximum atomic E-state index is 15.2. The Morgan fingerprint density at radius 3 is 1.42 bits per heavy atom. The second kappa shape index (κ2) is 25.2. The average molecular weight is 1210 g/mol. The lowest BCUT2D eigenvalue weighted by Crippen LogP contribution is -2.29. The van der Waals surface area contributed by atoms with E-state index in [1.807, 2.05) is 0 Å². The van der Waals surface area contributed by atoms with Gasteiger partial charge in [-0.25, -0.2) is 34.4 Å². The van der Waals surface area contributed by atoms with Crippen LogP contribution in [0.3, 0.4) is 0 Å². The largest absolute Gasteiger partial charge is 0.495 e. The first-order chi connectivity index (χ1) is 36.3. The van der Waals surface area contributed by atoms with Crippen molar-refractivity contribution < 1.29 is 63.0 Å². The van der Waals surface area contributed by atoms with Crippen molar-refractivity contribution in [3.63, 3.8) is 0 Å². The van der Waals surface area contributed by atoms with Crippen molar-refractivity contribution in [1.29, 1.82) is 0 Å². The predicted molar refractivity (Wildman–Crippen MR) is 298 cm³/mol. The number of anilines is 2. The molecule has 18 nitrogen and oxygen atoms in total. The summed E-state index contributed by atoms with van der Waals surface area (Å²) in [6.07, 6.45) is 2.46. The second-order valence-corrected chi connectivity index (χ2v) is 20.0. The Morgan fingerprint density at radius 1 is 0.564 bits per heavy atom. The number of halogens is 5. The fraction of sp³-hybridized carbons (Fsp3) is 0.0400. The fourth-order valence-electron chi connectivity index (χ4n) is 7.43. The third-order valence-electron chi connectivity index (χ3n) is 11.0. The molecule has 4 heterocycles. The van der Waals surface area contributed by atoms with Gasteiger partial charge >= 0.3 is 7.12 Å². The van der Waals surface area contributed by atoms with Crippen molar-refractivity contribution in [2.24, 2.45) is 0 Å². The van der Waals surface area contributed by atoms with Crippen LogP contribution in [0.25, 0.3) is 44.3 Å². The number of sulfonamides is 2. The van der Waals surface area contributed by atoms with Crippen LogP contribution in [0, 0.1) is 23.3 Å². The third kappa shape index (κ3) is 13.3. The number of aromatic nitrogens is 4. The first-order valence-electron chi connectivity index (χ1n) is 21.7. The monoisotopic (exact) mass is 1210 g/mol. The van der Waals surface area contributed by atoms with Crippen LogP contribution in [0.1, 0.15) is 0 Å². The van der Waals surface area contributed by atoms with Gasteiger partial charge in [0.1, 0.15) is 47.3 Å². The Kier molecular flexibility index (Phi) is 19.2. The van der Waals surface area contributed by atoms with E-state index in [4.69, 9.17) is 19.5 Å². The first kappa shape index (κ1) is 59.5. The van der Waals surface area contributed by atoms with E-state index >= 15 is 4.39 Å². The second-order valence-electron chi connectivity index (χ2n) is 15.8. The van der Waals surface area contributed by atoms with Gasteiger partial charge in [-0.05, 0) is 112 Å². The minimum absolute atomic E-state index is 0. The zero-order valence-corrected chi connectivity index (χ0v) is 46.5. The number of methoxy groups -OCH3 is 2. The summed E-state index contributed by atoms with van der Waals surface area (Å²) in [6, 6.07) is 32.0. The molecule has 6 aromatic carbocycles. The molecule has 404 valence electrons. The number of pyridine rings is 2. The molecule has 0 saturated heterocycles. The van der Waals surface area contributed by atoms with Gasteiger partial charge in [0.25, 0.3) is 31.2 Å². The van der Waals surface area contributed by atoms with Crippen LogP contribution in [0.5, 0.6) is 11.5 Å². The Labute approximate surface area is 455 Å². The number of hydrogen-bond acceptors (Lipinski definition) is 14. The molecule has 10 rings (SSSR count). The summed E-state index contributed by atoms with van der Waals surface area (Å²) in [5.74, 6) is -1.57. The number of fused-ring (bicyclic) bond motifs is 2. The molecule has 0 spiro atoms. The van der Waals surface area contributed by atoms with E-state index in [1.54, 1.807) is 0 Å². The van der Waals surface area contributed by atoms with E-state index in [-0.39, 0.29) is 80.0 Å². The van der Waals surface area contributed by atoms with Crippen LogP contribution < -0.4 is 35.5 Å². The zero-order chi connectivity index (χ0) is 54.5. The summed E-state index contributed by atoms with van der Waals surface area (Å²) in [7, 11) is -6.67. The Balaban J connectivity index is 0.000000212. The highest BCUT2D eigenvalue weighted by atomic mass is 79.9. The maximum absolute atomic E-state index is 15.2. The predicted octanol–water partition coefficient (Wildman–Crippen LogP) is 8.04. The number of hydrogen-bond donors (Lipinski definition) is 4. The maximum Gasteiger partial charge on any atom is 0.488 e. The van der Waals surface area contributed by atoms with Crippen LogP contribution in [0.15, 0.2) is 191 Å². The molecule has 2 unspecified atom stereocenters. The van der Waals surface area contributed by atoms with Gasteiger partial charge in [0.2, 0.25) is 0 Å². The van der Waals surface area contributed by atoms with Crippen molar-refractivity contribution in [2.45, 2.75) is 9.79 Å². The van der Waals surface area contributed by atoms with E-state index in [9.17, 15) is 39.6 Å². The van der Waals surface area contributed by atoms with E-state index < -0.39 is 55.7 Å². The zero-order valence-electron chi connectivity index (χ0n) is 40.5. The van der Waals surface area contributed by atoms with Crippen LogP contribution in [0.2, 0.25) is 0 Å². The van der Waals surface area contributed by atoms with Gasteiger partial charge in [-0.3, -0.25) is 28.2 Å². The number of benzene rings is 6. The molecule has 4 aromatic heterocycles. The van der Waals surface area contributed by atoms with Crippen LogP contribution in [-0.2, 0) is 20.0 Å². The van der Waals surface area contributed by atoms with Crippen molar-refractivity contribution in [2.75, 3.05) is 23.7 Å². The van der Waals surface area contributed by atoms with Gasteiger partial charge in [0.05, 0.1) is 50.9 Å². The van der Waals surface area contributed by atoms with Crippen LogP contribution >= 0.6 is 35.7 Å². The van der Waals surface area contributed by atoms with Crippen molar-refractivity contribution >= 4 is 102 Å². The summed E-state index contributed by atoms with van der Waals surface area (Å²) in [4.78, 5) is 25.4. The summed E-state index contributed by atoms with van der Waals surface area (Å²) < 4.78 is 133. The molecule has 0 amide bonds. The van der Waals surface area contributed by atoms with E-state index in [2.05, 4.69) is 44.7 Å². The number of ether oxygens (including phenoxy) is 2. The van der Waals surface area contributed by atoms with E-state index in [0.29, 0.717) is 32.8 Å². The highest BCUT2D eigenvalue weighted by Crippen LogP contribution is 2.35. The van der Waals surface area contributed by atoms with Gasteiger partial charge in [-0.2, -0.15) is 19.8 Å². The molecule has 0 aliphatic heterocycles. The topological polar surface area (TPSA) is 247 Å².